The number of pyridine rings is 1. The van der Waals surface area contributed by atoms with Crippen LogP contribution in [0.2, 0.25) is 0 Å². The van der Waals surface area contributed by atoms with Crippen LogP contribution in [0.15, 0.2) is 170 Å². The fourth-order valence-corrected chi connectivity index (χ4v) is 7.68. The Morgan fingerprint density at radius 1 is 0.319 bits per heavy atom. The van der Waals surface area contributed by atoms with Crippen LogP contribution in [0.5, 0.6) is 0 Å². The summed E-state index contributed by atoms with van der Waals surface area (Å²) in [4.78, 5) is 5.11. The molecule has 0 fully saturated rings. The van der Waals surface area contributed by atoms with E-state index in [1.165, 1.54) is 71.1 Å². The van der Waals surface area contributed by atoms with Crippen molar-refractivity contribution in [2.24, 2.45) is 0 Å². The van der Waals surface area contributed by atoms with Gasteiger partial charge in [-0.25, -0.2) is 4.98 Å². The molecule has 0 aliphatic carbocycles. The van der Waals surface area contributed by atoms with Gasteiger partial charge in [-0.3, -0.25) is 4.40 Å². The number of imidazole rings is 1. The average Bonchev–Trinajstić information content (AvgIpc) is 3.54. The van der Waals surface area contributed by atoms with Gasteiger partial charge in [-0.05, 0) is 84.6 Å². The van der Waals surface area contributed by atoms with Crippen LogP contribution in [0.3, 0.4) is 0 Å². The highest BCUT2D eigenvalue weighted by Gasteiger charge is 2.18. The summed E-state index contributed by atoms with van der Waals surface area (Å²) in [6.45, 7) is 0. The van der Waals surface area contributed by atoms with E-state index in [1.807, 2.05) is 0 Å². The highest BCUT2D eigenvalue weighted by atomic mass is 15.0. The predicted octanol–water partition coefficient (Wildman–Crippen LogP) is 12.1. The van der Waals surface area contributed by atoms with Gasteiger partial charge in [0.25, 0.3) is 0 Å². The molecule has 0 saturated carbocycles. The number of nitrogens with zero attached hydrogens (tertiary/aromatic N) is 2. The van der Waals surface area contributed by atoms with Gasteiger partial charge in [-0.1, -0.05) is 146 Å². The zero-order valence-corrected chi connectivity index (χ0v) is 25.6. The molecular formula is C45H28N2. The van der Waals surface area contributed by atoms with E-state index in [0.29, 0.717) is 0 Å². The fraction of sp³-hybridized carbons (Fsp3) is 0. The number of hydrogen-bond donors (Lipinski definition) is 0. The van der Waals surface area contributed by atoms with Gasteiger partial charge < -0.3 is 0 Å². The highest BCUT2D eigenvalue weighted by molar-refractivity contribution is 6.22. The third-order valence-electron chi connectivity index (χ3n) is 9.74. The zero-order valence-electron chi connectivity index (χ0n) is 25.6. The second-order valence-electron chi connectivity index (χ2n) is 12.3. The third-order valence-corrected chi connectivity index (χ3v) is 9.74. The van der Waals surface area contributed by atoms with Crippen molar-refractivity contribution in [1.29, 1.82) is 0 Å². The molecule has 0 spiro atoms. The minimum atomic E-state index is 0.996. The molecule has 0 saturated heterocycles. The van der Waals surface area contributed by atoms with Crippen molar-refractivity contribution in [2.75, 3.05) is 0 Å². The number of rotatable bonds is 3. The maximum absolute atomic E-state index is 5.11. The van der Waals surface area contributed by atoms with Crippen LogP contribution in [-0.4, -0.2) is 9.38 Å². The quantitative estimate of drug-likeness (QED) is 0.146. The van der Waals surface area contributed by atoms with Crippen LogP contribution in [0.1, 0.15) is 0 Å². The monoisotopic (exact) mass is 596 g/mol. The van der Waals surface area contributed by atoms with Gasteiger partial charge in [0.2, 0.25) is 0 Å². The van der Waals surface area contributed by atoms with E-state index in [2.05, 4.69) is 174 Å². The largest absolute Gasteiger partial charge is 0.292 e. The molecule has 2 aromatic heterocycles. The molecule has 10 aromatic rings. The third kappa shape index (κ3) is 3.89. The lowest BCUT2D eigenvalue weighted by Crippen LogP contribution is -1.93. The van der Waals surface area contributed by atoms with Crippen molar-refractivity contribution in [3.63, 3.8) is 0 Å². The molecule has 10 rings (SSSR count). The summed E-state index contributed by atoms with van der Waals surface area (Å²) in [5.41, 5.74) is 11.7. The van der Waals surface area contributed by atoms with E-state index in [0.717, 1.165) is 22.2 Å². The topological polar surface area (TPSA) is 17.3 Å². The normalized spacial score (nSPS) is 11.8. The van der Waals surface area contributed by atoms with Gasteiger partial charge in [-0.15, -0.1) is 0 Å². The Labute approximate surface area is 271 Å². The smallest absolute Gasteiger partial charge is 0.146 e. The van der Waals surface area contributed by atoms with Crippen molar-refractivity contribution < 1.29 is 0 Å². The van der Waals surface area contributed by atoms with Crippen molar-refractivity contribution >= 4 is 59.9 Å². The number of para-hydroxylation sites is 2. The Morgan fingerprint density at radius 2 is 0.830 bits per heavy atom. The zero-order chi connectivity index (χ0) is 30.9. The van der Waals surface area contributed by atoms with E-state index < -0.39 is 0 Å². The van der Waals surface area contributed by atoms with Crippen molar-refractivity contribution in [3.8, 4) is 33.4 Å². The van der Waals surface area contributed by atoms with E-state index in [-0.39, 0.29) is 0 Å². The van der Waals surface area contributed by atoms with Crippen LogP contribution >= 0.6 is 0 Å². The molecule has 2 heteroatoms. The van der Waals surface area contributed by atoms with Gasteiger partial charge in [0, 0.05) is 10.8 Å². The Bertz CT molecular complexity index is 2830. The lowest BCUT2D eigenvalue weighted by atomic mass is 9.85. The lowest BCUT2D eigenvalue weighted by molar-refractivity contribution is 1.31. The SMILES string of the molecule is c1ccc(-c2c3ccccc3c(-c3ccccc3)c3cc(-c4ccc5c6ccccc6c6nc7ccccc7n6c5c4)ccc23)cc1. The second-order valence-corrected chi connectivity index (χ2v) is 12.3. The van der Waals surface area contributed by atoms with E-state index in [1.54, 1.807) is 0 Å². The maximum Gasteiger partial charge on any atom is 0.146 e. The van der Waals surface area contributed by atoms with Crippen LogP contribution in [0.4, 0.5) is 0 Å². The summed E-state index contributed by atoms with van der Waals surface area (Å²) < 4.78 is 2.34. The Balaban J connectivity index is 1.31. The standard InChI is InChI=1S/C45H28N2/c1-3-13-29(14-4-1)43-35-18-8-9-19-36(35)44(30-15-5-2-6-16-30)39-27-31(24-26-37(39)43)32-23-25-34-33-17-7-10-20-38(33)45-46-40-21-11-12-22-41(40)47(45)42(34)28-32/h1-28H. The number of aromatic nitrogens is 2. The average molecular weight is 597 g/mol. The van der Waals surface area contributed by atoms with Gasteiger partial charge in [0.15, 0.2) is 0 Å². The number of hydrogen-bond acceptors (Lipinski definition) is 1. The second kappa shape index (κ2) is 10.1. The first-order chi connectivity index (χ1) is 23.3. The first kappa shape index (κ1) is 26.0. The molecule has 2 nitrogen and oxygen atoms in total. The highest BCUT2D eigenvalue weighted by Crippen LogP contribution is 2.45. The minimum absolute atomic E-state index is 0.996. The van der Waals surface area contributed by atoms with Crippen molar-refractivity contribution in [1.82, 2.24) is 9.38 Å². The molecule has 0 bridgehead atoms. The summed E-state index contributed by atoms with van der Waals surface area (Å²) >= 11 is 0. The molecule has 8 aromatic carbocycles. The summed E-state index contributed by atoms with van der Waals surface area (Å²) in [6, 6.07) is 61.6. The predicted molar refractivity (Wildman–Crippen MR) is 199 cm³/mol. The minimum Gasteiger partial charge on any atom is -0.292 e. The van der Waals surface area contributed by atoms with Crippen molar-refractivity contribution in [2.45, 2.75) is 0 Å². The number of fused-ring (bicyclic) bond motifs is 10. The van der Waals surface area contributed by atoms with E-state index in [9.17, 15) is 0 Å². The molecule has 0 unspecified atom stereocenters. The van der Waals surface area contributed by atoms with Crippen molar-refractivity contribution in [3.05, 3.63) is 170 Å². The van der Waals surface area contributed by atoms with Crippen LogP contribution < -0.4 is 0 Å². The Kier molecular flexibility index (Phi) is 5.61. The number of benzene rings is 8. The van der Waals surface area contributed by atoms with Crippen LogP contribution in [0, 0.1) is 0 Å². The van der Waals surface area contributed by atoms with E-state index >= 15 is 0 Å². The fourth-order valence-electron chi connectivity index (χ4n) is 7.68. The van der Waals surface area contributed by atoms with Gasteiger partial charge in [-0.2, -0.15) is 0 Å². The lowest BCUT2D eigenvalue weighted by Gasteiger charge is -2.19. The van der Waals surface area contributed by atoms with Crippen LogP contribution in [-0.2, 0) is 0 Å². The molecule has 0 radical (unpaired) electrons. The van der Waals surface area contributed by atoms with Gasteiger partial charge >= 0.3 is 0 Å². The van der Waals surface area contributed by atoms with Gasteiger partial charge in [0.1, 0.15) is 5.65 Å². The maximum atomic E-state index is 5.11. The molecule has 0 atom stereocenters. The van der Waals surface area contributed by atoms with Gasteiger partial charge in [0.05, 0.1) is 16.6 Å². The first-order valence-corrected chi connectivity index (χ1v) is 16.1. The molecule has 0 N–H and O–H groups in total. The molecule has 0 aliphatic heterocycles. The molecule has 0 amide bonds. The Hall–Kier alpha value is -6.25. The molecule has 0 aliphatic rings. The summed E-state index contributed by atoms with van der Waals surface area (Å²) in [7, 11) is 0. The summed E-state index contributed by atoms with van der Waals surface area (Å²) in [6.07, 6.45) is 0. The first-order valence-electron chi connectivity index (χ1n) is 16.1. The summed E-state index contributed by atoms with van der Waals surface area (Å²) in [5.74, 6) is 0. The summed E-state index contributed by atoms with van der Waals surface area (Å²) in [5, 5.41) is 8.66. The molecule has 218 valence electrons. The van der Waals surface area contributed by atoms with Crippen LogP contribution in [0.25, 0.3) is 93.3 Å². The molecule has 47 heavy (non-hydrogen) atoms. The molecule has 2 heterocycles. The van der Waals surface area contributed by atoms with E-state index in [4.69, 9.17) is 4.98 Å². The molecular weight excluding hydrogens is 569 g/mol. The Morgan fingerprint density at radius 3 is 1.53 bits per heavy atom.